The molecule has 1 heterocycles. The lowest BCUT2D eigenvalue weighted by Crippen LogP contribution is -1.99. The van der Waals surface area contributed by atoms with Gasteiger partial charge in [0.1, 0.15) is 5.52 Å². The first-order valence-corrected chi connectivity index (χ1v) is 6.72. The molecule has 3 aromatic rings. The Balaban J connectivity index is 2.31. The van der Waals surface area contributed by atoms with Gasteiger partial charge in [-0.05, 0) is 46.6 Å². The number of aromatic nitrogens is 3. The fourth-order valence-corrected chi connectivity index (χ4v) is 2.52. The lowest BCUT2D eigenvalue weighted by Gasteiger charge is -2.07. The highest BCUT2D eigenvalue weighted by Gasteiger charge is 2.16. The van der Waals surface area contributed by atoms with Crippen LogP contribution in [0.5, 0.6) is 0 Å². The van der Waals surface area contributed by atoms with Crippen molar-refractivity contribution in [1.82, 2.24) is 15.0 Å². The summed E-state index contributed by atoms with van der Waals surface area (Å²) in [5.74, 6) is -1.01. The van der Waals surface area contributed by atoms with E-state index in [1.807, 2.05) is 25.1 Å². The van der Waals surface area contributed by atoms with Gasteiger partial charge in [-0.3, -0.25) is 0 Å². The van der Waals surface area contributed by atoms with E-state index >= 15 is 0 Å². The predicted octanol–water partition coefficient (Wildman–Crippen LogP) is 3.19. The fourth-order valence-electron chi connectivity index (χ4n) is 2.09. The van der Waals surface area contributed by atoms with Crippen molar-refractivity contribution in [3.05, 3.63) is 52.0 Å². The van der Waals surface area contributed by atoms with Gasteiger partial charge in [-0.2, -0.15) is 0 Å². The maximum atomic E-state index is 11.2. The molecule has 0 amide bonds. The summed E-state index contributed by atoms with van der Waals surface area (Å²) in [5, 5.41) is 17.3. The third-order valence-electron chi connectivity index (χ3n) is 3.11. The maximum absolute atomic E-state index is 11.2. The number of halogens is 1. The molecule has 0 unspecified atom stereocenters. The molecule has 0 saturated carbocycles. The first-order valence-electron chi connectivity index (χ1n) is 5.93. The Labute approximate surface area is 123 Å². The Morgan fingerprint density at radius 1 is 1.25 bits per heavy atom. The molecule has 0 spiro atoms. The number of carboxylic acid groups (broad SMARTS) is 1. The van der Waals surface area contributed by atoms with E-state index in [0.717, 1.165) is 15.7 Å². The quantitative estimate of drug-likeness (QED) is 0.783. The van der Waals surface area contributed by atoms with Crippen LogP contribution in [0.15, 0.2) is 40.9 Å². The van der Waals surface area contributed by atoms with E-state index in [-0.39, 0.29) is 5.56 Å². The molecule has 1 aromatic heterocycles. The first-order chi connectivity index (χ1) is 9.59. The first kappa shape index (κ1) is 12.8. The Morgan fingerprint density at radius 2 is 2.00 bits per heavy atom. The molecule has 0 radical (unpaired) electrons. The molecule has 0 aliphatic rings. The largest absolute Gasteiger partial charge is 0.478 e. The van der Waals surface area contributed by atoms with Crippen molar-refractivity contribution < 1.29 is 9.90 Å². The molecule has 0 aliphatic heterocycles. The molecular formula is C14H10BrN3O2. The molecule has 0 bridgehead atoms. The van der Waals surface area contributed by atoms with Crippen molar-refractivity contribution in [1.29, 1.82) is 0 Å². The van der Waals surface area contributed by atoms with Crippen LogP contribution < -0.4 is 0 Å². The molecular weight excluding hydrogens is 322 g/mol. The van der Waals surface area contributed by atoms with Gasteiger partial charge in [-0.1, -0.05) is 23.4 Å². The van der Waals surface area contributed by atoms with E-state index in [4.69, 9.17) is 0 Å². The number of aromatic carboxylic acids is 1. The normalized spacial score (nSPS) is 10.9. The van der Waals surface area contributed by atoms with Crippen molar-refractivity contribution in [3.63, 3.8) is 0 Å². The zero-order chi connectivity index (χ0) is 14.3. The SMILES string of the molecule is Cc1cccc(-n2nnc3c(C(=O)O)cccc32)c1Br. The Hall–Kier alpha value is -2.21. The lowest BCUT2D eigenvalue weighted by atomic mass is 10.1. The highest BCUT2D eigenvalue weighted by Crippen LogP contribution is 2.27. The average Bonchev–Trinajstić information content (AvgIpc) is 2.85. The third kappa shape index (κ3) is 1.89. The number of hydrogen-bond donors (Lipinski definition) is 1. The van der Waals surface area contributed by atoms with E-state index < -0.39 is 5.97 Å². The van der Waals surface area contributed by atoms with Crippen molar-refractivity contribution in [2.24, 2.45) is 0 Å². The van der Waals surface area contributed by atoms with Gasteiger partial charge < -0.3 is 5.11 Å². The van der Waals surface area contributed by atoms with Crippen LogP contribution in [0.4, 0.5) is 0 Å². The Kier molecular flexibility index (Phi) is 3.02. The van der Waals surface area contributed by atoms with Gasteiger partial charge in [0.15, 0.2) is 0 Å². The van der Waals surface area contributed by atoms with E-state index in [1.54, 1.807) is 16.8 Å². The van der Waals surface area contributed by atoms with Crippen molar-refractivity contribution in [3.8, 4) is 5.69 Å². The predicted molar refractivity (Wildman–Crippen MR) is 78.3 cm³/mol. The molecule has 3 rings (SSSR count). The molecule has 2 aromatic carbocycles. The molecule has 0 saturated heterocycles. The van der Waals surface area contributed by atoms with E-state index in [9.17, 15) is 9.90 Å². The summed E-state index contributed by atoms with van der Waals surface area (Å²) in [6.07, 6.45) is 0. The lowest BCUT2D eigenvalue weighted by molar-refractivity contribution is 0.0699. The maximum Gasteiger partial charge on any atom is 0.338 e. The van der Waals surface area contributed by atoms with Crippen LogP contribution in [-0.4, -0.2) is 26.1 Å². The minimum Gasteiger partial charge on any atom is -0.478 e. The second-order valence-electron chi connectivity index (χ2n) is 4.39. The van der Waals surface area contributed by atoms with Crippen LogP contribution in [0, 0.1) is 6.92 Å². The third-order valence-corrected chi connectivity index (χ3v) is 4.14. The second kappa shape index (κ2) is 4.72. The summed E-state index contributed by atoms with van der Waals surface area (Å²) in [7, 11) is 0. The van der Waals surface area contributed by atoms with Gasteiger partial charge >= 0.3 is 5.97 Å². The zero-order valence-electron chi connectivity index (χ0n) is 10.5. The second-order valence-corrected chi connectivity index (χ2v) is 5.18. The number of carbonyl (C=O) groups is 1. The number of aryl methyl sites for hydroxylation is 1. The van der Waals surface area contributed by atoms with Gasteiger partial charge in [-0.15, -0.1) is 5.10 Å². The van der Waals surface area contributed by atoms with Crippen molar-refractivity contribution in [2.45, 2.75) is 6.92 Å². The van der Waals surface area contributed by atoms with Crippen LogP contribution in [0.1, 0.15) is 15.9 Å². The summed E-state index contributed by atoms with van der Waals surface area (Å²) in [6.45, 7) is 1.98. The molecule has 0 atom stereocenters. The molecule has 5 nitrogen and oxygen atoms in total. The van der Waals surface area contributed by atoms with Crippen molar-refractivity contribution >= 4 is 32.9 Å². The fraction of sp³-hybridized carbons (Fsp3) is 0.0714. The van der Waals surface area contributed by atoms with E-state index in [1.165, 1.54) is 6.07 Å². The van der Waals surface area contributed by atoms with E-state index in [0.29, 0.717) is 11.0 Å². The standard InChI is InChI=1S/C14H10BrN3O2/c1-8-4-2-6-10(12(8)15)18-11-7-3-5-9(14(19)20)13(11)16-17-18/h2-7H,1H3,(H,19,20). The summed E-state index contributed by atoms with van der Waals surface area (Å²) >= 11 is 3.53. The minimum absolute atomic E-state index is 0.150. The molecule has 0 fully saturated rings. The van der Waals surface area contributed by atoms with Gasteiger partial charge in [0.2, 0.25) is 0 Å². The van der Waals surface area contributed by atoms with E-state index in [2.05, 4.69) is 26.2 Å². The van der Waals surface area contributed by atoms with Crippen LogP contribution in [0.3, 0.4) is 0 Å². The average molecular weight is 332 g/mol. The number of benzene rings is 2. The van der Waals surface area contributed by atoms with Crippen LogP contribution in [-0.2, 0) is 0 Å². The van der Waals surface area contributed by atoms with Crippen LogP contribution >= 0.6 is 15.9 Å². The monoisotopic (exact) mass is 331 g/mol. The van der Waals surface area contributed by atoms with Gasteiger partial charge in [-0.25, -0.2) is 9.48 Å². The van der Waals surface area contributed by atoms with Crippen LogP contribution in [0.2, 0.25) is 0 Å². The topological polar surface area (TPSA) is 68.0 Å². The summed E-state index contributed by atoms with van der Waals surface area (Å²) in [4.78, 5) is 11.2. The molecule has 100 valence electrons. The number of rotatable bonds is 2. The molecule has 6 heteroatoms. The summed E-state index contributed by atoms with van der Waals surface area (Å²) in [6, 6.07) is 10.8. The van der Waals surface area contributed by atoms with Gasteiger partial charge in [0, 0.05) is 4.47 Å². The van der Waals surface area contributed by atoms with Crippen LogP contribution in [0.25, 0.3) is 16.7 Å². The van der Waals surface area contributed by atoms with Crippen molar-refractivity contribution in [2.75, 3.05) is 0 Å². The van der Waals surface area contributed by atoms with Gasteiger partial charge in [0.25, 0.3) is 0 Å². The molecule has 0 aliphatic carbocycles. The minimum atomic E-state index is -1.01. The molecule has 1 N–H and O–H groups in total. The Bertz CT molecular complexity index is 826. The summed E-state index contributed by atoms with van der Waals surface area (Å²) in [5.41, 5.74) is 3.10. The number of nitrogens with zero attached hydrogens (tertiary/aromatic N) is 3. The number of fused-ring (bicyclic) bond motifs is 1. The summed E-state index contributed by atoms with van der Waals surface area (Å²) < 4.78 is 2.55. The molecule has 20 heavy (non-hydrogen) atoms. The Morgan fingerprint density at radius 3 is 2.75 bits per heavy atom. The van der Waals surface area contributed by atoms with Gasteiger partial charge in [0.05, 0.1) is 16.8 Å². The number of carboxylic acids is 1. The highest BCUT2D eigenvalue weighted by molar-refractivity contribution is 9.10. The number of hydrogen-bond acceptors (Lipinski definition) is 3. The zero-order valence-corrected chi connectivity index (χ0v) is 12.1. The highest BCUT2D eigenvalue weighted by atomic mass is 79.9. The smallest absolute Gasteiger partial charge is 0.338 e.